The Morgan fingerprint density at radius 3 is 2.74 bits per heavy atom. The van der Waals surface area contributed by atoms with Gasteiger partial charge in [0.15, 0.2) is 5.78 Å². The summed E-state index contributed by atoms with van der Waals surface area (Å²) in [7, 11) is 4.19. The van der Waals surface area contributed by atoms with E-state index in [-0.39, 0.29) is 5.78 Å². The summed E-state index contributed by atoms with van der Waals surface area (Å²) in [6, 6.07) is 7.70. The molecule has 1 saturated heterocycles. The minimum atomic E-state index is 0.143. The van der Waals surface area contributed by atoms with E-state index < -0.39 is 0 Å². The molecular weight excluding hydrogens is 260 g/mol. The van der Waals surface area contributed by atoms with E-state index in [2.05, 4.69) is 16.8 Å². The number of halogens is 1. The molecule has 0 radical (unpaired) electrons. The first-order chi connectivity index (χ1) is 9.06. The average molecular weight is 281 g/mol. The van der Waals surface area contributed by atoms with Crippen LogP contribution in [0.4, 0.5) is 0 Å². The second kappa shape index (κ2) is 6.51. The molecule has 1 aromatic rings. The zero-order chi connectivity index (χ0) is 13.8. The summed E-state index contributed by atoms with van der Waals surface area (Å²) < 4.78 is 0. The Morgan fingerprint density at radius 2 is 2.11 bits per heavy atom. The maximum Gasteiger partial charge on any atom is 0.176 e. The van der Waals surface area contributed by atoms with Gasteiger partial charge in [0.1, 0.15) is 0 Å². The molecule has 104 valence electrons. The first kappa shape index (κ1) is 14.5. The van der Waals surface area contributed by atoms with Crippen molar-refractivity contribution in [3.8, 4) is 0 Å². The second-order valence-electron chi connectivity index (χ2n) is 5.38. The number of carbonyl (C=O) groups is 1. The third kappa shape index (κ3) is 4.03. The molecule has 1 fully saturated rings. The highest BCUT2D eigenvalue weighted by atomic mass is 35.5. The van der Waals surface area contributed by atoms with Crippen LogP contribution in [0, 0.1) is 0 Å². The summed E-state index contributed by atoms with van der Waals surface area (Å²) in [5, 5.41) is 0.618. The number of hydrogen-bond donors (Lipinski definition) is 0. The molecule has 3 nitrogen and oxygen atoms in total. The lowest BCUT2D eigenvalue weighted by Crippen LogP contribution is -2.43. The fourth-order valence-electron chi connectivity index (χ4n) is 2.54. The predicted molar refractivity (Wildman–Crippen MR) is 78.9 cm³/mol. The van der Waals surface area contributed by atoms with Crippen LogP contribution in [0.15, 0.2) is 24.3 Å². The number of carbonyl (C=O) groups excluding carboxylic acids is 1. The quantitative estimate of drug-likeness (QED) is 0.792. The van der Waals surface area contributed by atoms with Crippen LogP contribution in [0.25, 0.3) is 0 Å². The van der Waals surface area contributed by atoms with Gasteiger partial charge in [-0.1, -0.05) is 23.7 Å². The maximum absolute atomic E-state index is 12.2. The van der Waals surface area contributed by atoms with E-state index in [4.69, 9.17) is 11.6 Å². The molecule has 19 heavy (non-hydrogen) atoms. The van der Waals surface area contributed by atoms with E-state index in [1.165, 1.54) is 0 Å². The monoisotopic (exact) mass is 280 g/mol. The Hall–Kier alpha value is -0.900. The molecule has 0 aliphatic carbocycles. The molecule has 1 aliphatic heterocycles. The molecule has 0 unspecified atom stereocenters. The van der Waals surface area contributed by atoms with E-state index in [0.717, 1.165) is 25.9 Å². The van der Waals surface area contributed by atoms with Crippen LogP contribution in [0.1, 0.15) is 23.2 Å². The van der Waals surface area contributed by atoms with Gasteiger partial charge in [0.25, 0.3) is 0 Å². The van der Waals surface area contributed by atoms with Gasteiger partial charge >= 0.3 is 0 Å². The van der Waals surface area contributed by atoms with Crippen LogP contribution in [-0.2, 0) is 0 Å². The van der Waals surface area contributed by atoms with Gasteiger partial charge in [-0.2, -0.15) is 0 Å². The van der Waals surface area contributed by atoms with E-state index in [0.29, 0.717) is 23.2 Å². The van der Waals surface area contributed by atoms with E-state index in [9.17, 15) is 4.79 Å². The molecule has 1 aromatic carbocycles. The van der Waals surface area contributed by atoms with Gasteiger partial charge in [-0.15, -0.1) is 0 Å². The van der Waals surface area contributed by atoms with Gasteiger partial charge in [-0.3, -0.25) is 9.69 Å². The topological polar surface area (TPSA) is 23.6 Å². The fraction of sp³-hybridized carbons (Fsp3) is 0.533. The molecule has 2 rings (SSSR count). The smallest absolute Gasteiger partial charge is 0.176 e. The van der Waals surface area contributed by atoms with E-state index in [1.54, 1.807) is 12.1 Å². The zero-order valence-electron chi connectivity index (χ0n) is 11.6. The van der Waals surface area contributed by atoms with Crippen molar-refractivity contribution in [2.45, 2.75) is 18.9 Å². The van der Waals surface area contributed by atoms with Gasteiger partial charge in [0.2, 0.25) is 0 Å². The van der Waals surface area contributed by atoms with Crippen molar-refractivity contribution in [2.75, 3.05) is 33.7 Å². The molecule has 1 aliphatic rings. The number of ketones is 1. The molecule has 0 aromatic heterocycles. The van der Waals surface area contributed by atoms with Crippen molar-refractivity contribution in [3.63, 3.8) is 0 Å². The van der Waals surface area contributed by atoms with Crippen LogP contribution in [0.5, 0.6) is 0 Å². The molecule has 0 bridgehead atoms. The van der Waals surface area contributed by atoms with Crippen molar-refractivity contribution < 1.29 is 4.79 Å². The van der Waals surface area contributed by atoms with Gasteiger partial charge < -0.3 is 4.90 Å². The zero-order valence-corrected chi connectivity index (χ0v) is 12.4. The average Bonchev–Trinajstić information content (AvgIpc) is 2.39. The van der Waals surface area contributed by atoms with Gasteiger partial charge in [0.05, 0.1) is 6.54 Å². The number of Topliss-reactive ketones (excluding diaryl/α,β-unsaturated/α-hetero) is 1. The lowest BCUT2D eigenvalue weighted by Gasteiger charge is -2.34. The Kier molecular flexibility index (Phi) is 4.97. The van der Waals surface area contributed by atoms with Crippen LogP contribution in [0.3, 0.4) is 0 Å². The van der Waals surface area contributed by atoms with Crippen molar-refractivity contribution in [3.05, 3.63) is 34.9 Å². The Bertz CT molecular complexity index is 442. The SMILES string of the molecule is CN1CCC(N(C)CC(=O)c2cccc(Cl)c2)CC1. The van der Waals surface area contributed by atoms with E-state index in [1.807, 2.05) is 19.2 Å². The summed E-state index contributed by atoms with van der Waals surface area (Å²) in [4.78, 5) is 16.7. The molecule has 0 amide bonds. The summed E-state index contributed by atoms with van der Waals surface area (Å²) >= 11 is 5.92. The highest BCUT2D eigenvalue weighted by Crippen LogP contribution is 2.16. The van der Waals surface area contributed by atoms with Crippen molar-refractivity contribution >= 4 is 17.4 Å². The normalized spacial score (nSPS) is 17.9. The maximum atomic E-state index is 12.2. The first-order valence-electron chi connectivity index (χ1n) is 6.74. The van der Waals surface area contributed by atoms with Gasteiger partial charge in [0, 0.05) is 16.6 Å². The lowest BCUT2D eigenvalue weighted by atomic mass is 10.0. The highest BCUT2D eigenvalue weighted by Gasteiger charge is 2.22. The number of piperidine rings is 1. The lowest BCUT2D eigenvalue weighted by molar-refractivity contribution is 0.0871. The minimum Gasteiger partial charge on any atom is -0.306 e. The number of benzene rings is 1. The first-order valence-corrected chi connectivity index (χ1v) is 7.11. The molecule has 0 spiro atoms. The Morgan fingerprint density at radius 1 is 1.42 bits per heavy atom. The van der Waals surface area contributed by atoms with Crippen molar-refractivity contribution in [1.29, 1.82) is 0 Å². The fourth-order valence-corrected chi connectivity index (χ4v) is 2.73. The van der Waals surface area contributed by atoms with Crippen LogP contribution in [-0.4, -0.2) is 55.4 Å². The number of nitrogens with zero attached hydrogens (tertiary/aromatic N) is 2. The number of rotatable bonds is 4. The molecular formula is C15H21ClN2O. The standard InChI is InChI=1S/C15H21ClN2O/c1-17-8-6-14(7-9-17)18(2)11-15(19)12-4-3-5-13(16)10-12/h3-5,10,14H,6-9,11H2,1-2H3. The largest absolute Gasteiger partial charge is 0.306 e. The van der Waals surface area contributed by atoms with Crippen molar-refractivity contribution in [2.24, 2.45) is 0 Å². The molecule has 0 N–H and O–H groups in total. The molecule has 0 atom stereocenters. The Balaban J connectivity index is 1.91. The third-order valence-electron chi connectivity index (χ3n) is 3.85. The summed E-state index contributed by atoms with van der Waals surface area (Å²) in [6.45, 7) is 2.69. The molecule has 1 heterocycles. The van der Waals surface area contributed by atoms with Gasteiger partial charge in [-0.25, -0.2) is 0 Å². The summed E-state index contributed by atoms with van der Waals surface area (Å²) in [6.07, 6.45) is 2.27. The van der Waals surface area contributed by atoms with Crippen molar-refractivity contribution in [1.82, 2.24) is 9.80 Å². The third-order valence-corrected chi connectivity index (χ3v) is 4.09. The molecule has 0 saturated carbocycles. The number of likely N-dealkylation sites (tertiary alicyclic amines) is 1. The Labute approximate surface area is 120 Å². The molecule has 4 heteroatoms. The summed E-state index contributed by atoms with van der Waals surface area (Å²) in [5.41, 5.74) is 0.701. The number of likely N-dealkylation sites (N-methyl/N-ethyl adjacent to an activating group) is 1. The number of hydrogen-bond acceptors (Lipinski definition) is 3. The van der Waals surface area contributed by atoms with Gasteiger partial charge in [-0.05, 0) is 52.2 Å². The van der Waals surface area contributed by atoms with Crippen LogP contribution < -0.4 is 0 Å². The second-order valence-corrected chi connectivity index (χ2v) is 5.82. The van der Waals surface area contributed by atoms with Crippen LogP contribution >= 0.6 is 11.6 Å². The predicted octanol–water partition coefficient (Wildman–Crippen LogP) is 2.55. The van der Waals surface area contributed by atoms with E-state index >= 15 is 0 Å². The summed E-state index contributed by atoms with van der Waals surface area (Å²) in [5.74, 6) is 0.143. The highest BCUT2D eigenvalue weighted by molar-refractivity contribution is 6.31. The van der Waals surface area contributed by atoms with Crippen LogP contribution in [0.2, 0.25) is 5.02 Å². The minimum absolute atomic E-state index is 0.143.